The topological polar surface area (TPSA) is 108 Å². The average molecular weight is 458 g/mol. The second-order valence-corrected chi connectivity index (χ2v) is 8.78. The van der Waals surface area contributed by atoms with E-state index in [1.807, 2.05) is 0 Å². The lowest BCUT2D eigenvalue weighted by molar-refractivity contribution is -0.132. The molecule has 1 aromatic carbocycles. The molecule has 1 aliphatic heterocycles. The molecule has 0 bridgehead atoms. The van der Waals surface area contributed by atoms with E-state index in [1.54, 1.807) is 25.2 Å². The maximum atomic E-state index is 13.8. The lowest BCUT2D eigenvalue weighted by Crippen LogP contribution is -2.43. The van der Waals surface area contributed by atoms with Gasteiger partial charge in [-0.2, -0.15) is 8.42 Å². The molecule has 8 nitrogen and oxygen atoms in total. The van der Waals surface area contributed by atoms with Crippen molar-refractivity contribution in [3.63, 3.8) is 0 Å². The molecule has 31 heavy (non-hydrogen) atoms. The van der Waals surface area contributed by atoms with Crippen molar-refractivity contribution in [2.45, 2.75) is 24.8 Å². The van der Waals surface area contributed by atoms with Crippen LogP contribution in [-0.2, 0) is 15.0 Å². The number of fused-ring (bicyclic) bond motifs is 1. The van der Waals surface area contributed by atoms with Gasteiger partial charge in [0.1, 0.15) is 0 Å². The lowest BCUT2D eigenvalue weighted by Gasteiger charge is -2.23. The number of hydrogen-bond donors (Lipinski definition) is 2. The predicted molar refractivity (Wildman–Crippen MR) is 108 cm³/mol. The Morgan fingerprint density at radius 1 is 1.29 bits per heavy atom. The monoisotopic (exact) mass is 458 g/mol. The highest BCUT2D eigenvalue weighted by atomic mass is 32.3. The fraction of sp³-hybridized carbons (Fsp3) is 0.421. The van der Waals surface area contributed by atoms with E-state index in [1.165, 1.54) is 12.3 Å². The number of aromatic nitrogens is 1. The van der Waals surface area contributed by atoms with Crippen LogP contribution in [0.3, 0.4) is 0 Å². The summed E-state index contributed by atoms with van der Waals surface area (Å²) in [6.45, 7) is -1.48. The van der Waals surface area contributed by atoms with Crippen LogP contribution in [0.5, 0.6) is 0 Å². The lowest BCUT2D eigenvalue weighted by atomic mass is 10.1. The molecule has 2 heterocycles. The van der Waals surface area contributed by atoms with Crippen LogP contribution in [0.4, 0.5) is 18.4 Å². The van der Waals surface area contributed by atoms with E-state index in [0.717, 1.165) is 10.6 Å². The molecule has 1 fully saturated rings. The number of benzene rings is 1. The summed E-state index contributed by atoms with van der Waals surface area (Å²) in [4.78, 5) is 30.1. The molecule has 3 rings (SSSR count). The van der Waals surface area contributed by atoms with Gasteiger partial charge in [-0.3, -0.25) is 14.6 Å². The highest BCUT2D eigenvalue weighted by Gasteiger charge is 2.46. The van der Waals surface area contributed by atoms with Crippen LogP contribution in [0.1, 0.15) is 23.2 Å². The van der Waals surface area contributed by atoms with Crippen molar-refractivity contribution in [1.82, 2.24) is 15.2 Å². The molecule has 2 amide bonds. The standard InChI is InChI=1S/C19H21F3N4O4S/c1-23-12-2-3-16-15(8-12)14(4-6-24-16)18(28)25-10-17(27)26-11-19(20,21)9-13(26)5-7-31(22,29)30/h2-4,6,8,13,23H,5,7,9-11H2,1H3,(H,25,28). The molecule has 2 aromatic rings. The second kappa shape index (κ2) is 8.69. The van der Waals surface area contributed by atoms with Gasteiger partial charge in [-0.1, -0.05) is 0 Å². The first-order valence-electron chi connectivity index (χ1n) is 9.43. The van der Waals surface area contributed by atoms with E-state index in [0.29, 0.717) is 10.9 Å². The van der Waals surface area contributed by atoms with Gasteiger partial charge in [-0.05, 0) is 30.7 Å². The van der Waals surface area contributed by atoms with E-state index in [-0.39, 0.29) is 5.56 Å². The number of halogens is 3. The van der Waals surface area contributed by atoms with E-state index in [9.17, 15) is 30.7 Å². The van der Waals surface area contributed by atoms with Crippen LogP contribution >= 0.6 is 0 Å². The summed E-state index contributed by atoms with van der Waals surface area (Å²) < 4.78 is 61.8. The van der Waals surface area contributed by atoms with Crippen LogP contribution in [0.25, 0.3) is 10.9 Å². The molecule has 1 unspecified atom stereocenters. The van der Waals surface area contributed by atoms with Gasteiger partial charge in [0.05, 0.1) is 29.9 Å². The van der Waals surface area contributed by atoms with Gasteiger partial charge in [-0.25, -0.2) is 8.78 Å². The fourth-order valence-electron chi connectivity index (χ4n) is 3.58. The van der Waals surface area contributed by atoms with Crippen molar-refractivity contribution < 1.29 is 30.7 Å². The first-order valence-corrected chi connectivity index (χ1v) is 11.0. The number of amides is 2. The minimum atomic E-state index is -4.85. The molecule has 1 aliphatic rings. The van der Waals surface area contributed by atoms with Gasteiger partial charge in [0, 0.05) is 36.8 Å². The SMILES string of the molecule is CNc1ccc2nccc(C(=O)NCC(=O)N3CC(F)(F)CC3CCS(=O)(=O)F)c2c1. The minimum Gasteiger partial charge on any atom is -0.388 e. The van der Waals surface area contributed by atoms with Crippen LogP contribution in [0, 0.1) is 0 Å². The number of nitrogens with zero attached hydrogens (tertiary/aromatic N) is 2. The number of carbonyl (C=O) groups is 2. The van der Waals surface area contributed by atoms with Crippen molar-refractivity contribution >= 4 is 38.6 Å². The number of rotatable bonds is 7. The smallest absolute Gasteiger partial charge is 0.302 e. The maximum Gasteiger partial charge on any atom is 0.302 e. The molecule has 0 aliphatic carbocycles. The molecular weight excluding hydrogens is 437 g/mol. The van der Waals surface area contributed by atoms with Gasteiger partial charge >= 0.3 is 10.2 Å². The Hall–Kier alpha value is -2.89. The van der Waals surface area contributed by atoms with Gasteiger partial charge in [0.15, 0.2) is 0 Å². The zero-order valence-electron chi connectivity index (χ0n) is 16.6. The highest BCUT2D eigenvalue weighted by molar-refractivity contribution is 7.86. The number of pyridine rings is 1. The molecule has 0 saturated carbocycles. The van der Waals surface area contributed by atoms with Crippen LogP contribution in [0.15, 0.2) is 30.5 Å². The van der Waals surface area contributed by atoms with E-state index in [2.05, 4.69) is 15.6 Å². The molecular formula is C19H21F3N4O4S. The largest absolute Gasteiger partial charge is 0.388 e. The average Bonchev–Trinajstić information content (AvgIpc) is 3.03. The molecule has 1 atom stereocenters. The van der Waals surface area contributed by atoms with Crippen LogP contribution in [0.2, 0.25) is 0 Å². The quantitative estimate of drug-likeness (QED) is 0.614. The Labute approximate surface area is 177 Å². The van der Waals surface area contributed by atoms with Gasteiger partial charge < -0.3 is 15.5 Å². The maximum absolute atomic E-state index is 13.8. The fourth-order valence-corrected chi connectivity index (χ4v) is 4.13. The molecule has 1 aromatic heterocycles. The number of hydrogen-bond acceptors (Lipinski definition) is 6. The summed E-state index contributed by atoms with van der Waals surface area (Å²) in [5.74, 6) is -5.57. The second-order valence-electron chi connectivity index (χ2n) is 7.29. The first kappa shape index (κ1) is 22.8. The third kappa shape index (κ3) is 5.63. The van der Waals surface area contributed by atoms with Crippen molar-refractivity contribution in [2.24, 2.45) is 0 Å². The van der Waals surface area contributed by atoms with E-state index < -0.39 is 65.7 Å². The summed E-state index contributed by atoms with van der Waals surface area (Å²) in [7, 11) is -3.14. The number of alkyl halides is 2. The predicted octanol–water partition coefficient (Wildman–Crippen LogP) is 1.93. The normalized spacial score (nSPS) is 18.2. The Kier molecular flexibility index (Phi) is 6.39. The Morgan fingerprint density at radius 3 is 2.71 bits per heavy atom. The van der Waals surface area contributed by atoms with Crippen molar-refractivity contribution in [3.8, 4) is 0 Å². The van der Waals surface area contributed by atoms with Gasteiger partial charge in [-0.15, -0.1) is 3.89 Å². The van der Waals surface area contributed by atoms with Crippen LogP contribution < -0.4 is 10.6 Å². The van der Waals surface area contributed by atoms with Crippen molar-refractivity contribution in [3.05, 3.63) is 36.0 Å². The first-order chi connectivity index (χ1) is 14.5. The third-order valence-corrected chi connectivity index (χ3v) is 5.79. The van der Waals surface area contributed by atoms with E-state index >= 15 is 0 Å². The Bertz CT molecular complexity index is 1110. The number of anilines is 1. The minimum absolute atomic E-state index is 0.252. The van der Waals surface area contributed by atoms with Crippen molar-refractivity contribution in [1.29, 1.82) is 0 Å². The Balaban J connectivity index is 1.71. The summed E-state index contributed by atoms with van der Waals surface area (Å²) >= 11 is 0. The molecule has 0 spiro atoms. The van der Waals surface area contributed by atoms with E-state index in [4.69, 9.17) is 0 Å². The van der Waals surface area contributed by atoms with Crippen molar-refractivity contribution in [2.75, 3.05) is 31.2 Å². The molecule has 2 N–H and O–H groups in total. The molecule has 168 valence electrons. The highest BCUT2D eigenvalue weighted by Crippen LogP contribution is 2.33. The third-order valence-electron chi connectivity index (χ3n) is 5.07. The molecule has 1 saturated heterocycles. The Morgan fingerprint density at radius 2 is 2.03 bits per heavy atom. The zero-order chi connectivity index (χ0) is 22.8. The van der Waals surface area contributed by atoms with Gasteiger partial charge in [0.2, 0.25) is 5.91 Å². The summed E-state index contributed by atoms with van der Waals surface area (Å²) in [6.07, 6.45) is 0.229. The van der Waals surface area contributed by atoms with Gasteiger partial charge in [0.25, 0.3) is 11.8 Å². The van der Waals surface area contributed by atoms with Crippen LogP contribution in [-0.4, -0.2) is 68.0 Å². The molecule has 12 heteroatoms. The summed E-state index contributed by atoms with van der Waals surface area (Å²) in [5.41, 5.74) is 1.56. The summed E-state index contributed by atoms with van der Waals surface area (Å²) in [6, 6.07) is 5.56. The number of nitrogens with one attached hydrogen (secondary N) is 2. The number of likely N-dealkylation sites (tertiary alicyclic amines) is 1. The zero-order valence-corrected chi connectivity index (χ0v) is 17.4. The number of carbonyl (C=O) groups excluding carboxylic acids is 2. The summed E-state index contributed by atoms with van der Waals surface area (Å²) in [5, 5.41) is 5.90. The molecule has 0 radical (unpaired) electrons.